The summed E-state index contributed by atoms with van der Waals surface area (Å²) in [5, 5.41) is 3.84. The van der Waals surface area contributed by atoms with Gasteiger partial charge in [-0.25, -0.2) is 4.98 Å². The SMILES string of the molecule is Brc1ccc(Br)nc1.CON(C)Cc1cc(Cl)cc(Cl)c1.O=C(c1cc(Cl)cc(Cl)c1)c1ccc(Br)cn1. The fourth-order valence-corrected chi connectivity index (χ4v) is 4.53. The van der Waals surface area contributed by atoms with Crippen LogP contribution in [0.5, 0.6) is 0 Å². The number of hydroxylamine groups is 2. The molecule has 0 amide bonds. The van der Waals surface area contributed by atoms with E-state index in [4.69, 9.17) is 51.2 Å². The second-order valence-electron chi connectivity index (χ2n) is 7.39. The van der Waals surface area contributed by atoms with E-state index >= 15 is 0 Å². The van der Waals surface area contributed by atoms with E-state index in [2.05, 4.69) is 57.8 Å². The van der Waals surface area contributed by atoms with E-state index in [1.165, 1.54) is 0 Å². The monoisotopic (exact) mass is 783 g/mol. The summed E-state index contributed by atoms with van der Waals surface area (Å²) in [6, 6.07) is 17.4. The normalized spacial score (nSPS) is 10.3. The molecule has 0 bridgehead atoms. The fraction of sp³-hybridized carbons (Fsp3) is 0.115. The molecule has 5 nitrogen and oxygen atoms in total. The molecular weight excluding hydrogens is 768 g/mol. The third-order valence-electron chi connectivity index (χ3n) is 4.42. The molecule has 2 heterocycles. The van der Waals surface area contributed by atoms with Crippen LogP contribution < -0.4 is 0 Å². The zero-order valence-corrected chi connectivity index (χ0v) is 27.7. The largest absolute Gasteiger partial charge is 0.302 e. The van der Waals surface area contributed by atoms with Crippen LogP contribution in [0.25, 0.3) is 0 Å². The van der Waals surface area contributed by atoms with Crippen molar-refractivity contribution in [2.75, 3.05) is 14.2 Å². The predicted octanol–water partition coefficient (Wildman–Crippen LogP) is 9.98. The molecule has 0 unspecified atom stereocenters. The number of rotatable bonds is 5. The summed E-state index contributed by atoms with van der Waals surface area (Å²) in [5.74, 6) is -0.207. The van der Waals surface area contributed by atoms with E-state index in [9.17, 15) is 4.79 Å². The molecule has 0 saturated heterocycles. The van der Waals surface area contributed by atoms with E-state index in [1.807, 2.05) is 31.3 Å². The number of benzene rings is 2. The summed E-state index contributed by atoms with van der Waals surface area (Å²) < 4.78 is 2.68. The minimum Gasteiger partial charge on any atom is -0.302 e. The van der Waals surface area contributed by atoms with Crippen LogP contribution in [-0.4, -0.2) is 35.0 Å². The van der Waals surface area contributed by atoms with Gasteiger partial charge in [0.05, 0.1) is 7.11 Å². The van der Waals surface area contributed by atoms with Gasteiger partial charge in [0, 0.05) is 60.6 Å². The highest BCUT2D eigenvalue weighted by molar-refractivity contribution is 9.11. The van der Waals surface area contributed by atoms with E-state index < -0.39 is 0 Å². The molecule has 200 valence electrons. The van der Waals surface area contributed by atoms with Gasteiger partial charge in [0.1, 0.15) is 10.3 Å². The van der Waals surface area contributed by atoms with Crippen molar-refractivity contribution in [2.45, 2.75) is 6.54 Å². The van der Waals surface area contributed by atoms with Crippen molar-refractivity contribution in [1.82, 2.24) is 15.0 Å². The van der Waals surface area contributed by atoms with Crippen LogP contribution in [0, 0.1) is 0 Å². The van der Waals surface area contributed by atoms with Gasteiger partial charge < -0.3 is 4.84 Å². The fourth-order valence-electron chi connectivity index (χ4n) is 2.72. The third-order valence-corrected chi connectivity index (χ3v) is 6.70. The molecule has 0 aliphatic heterocycles. The molecule has 38 heavy (non-hydrogen) atoms. The van der Waals surface area contributed by atoms with Crippen molar-refractivity contribution >= 4 is 100.0 Å². The number of carbonyl (C=O) groups is 1. The van der Waals surface area contributed by atoms with E-state index in [0.717, 1.165) is 19.1 Å². The lowest BCUT2D eigenvalue weighted by molar-refractivity contribution is -0.116. The lowest BCUT2D eigenvalue weighted by Gasteiger charge is -2.13. The molecule has 2 aromatic heterocycles. The molecular formula is C26H20Br3Cl4N3O2. The van der Waals surface area contributed by atoms with Crippen LogP contribution >= 0.6 is 94.2 Å². The van der Waals surface area contributed by atoms with Gasteiger partial charge in [-0.15, -0.1) is 0 Å². The molecule has 12 heteroatoms. The average molecular weight is 788 g/mol. The Balaban J connectivity index is 0.000000214. The number of nitrogens with zero attached hydrogens (tertiary/aromatic N) is 3. The second-order valence-corrected chi connectivity index (χ2v) is 11.8. The molecule has 4 aromatic rings. The molecule has 0 N–H and O–H groups in total. The van der Waals surface area contributed by atoms with Crippen LogP contribution in [0.4, 0.5) is 0 Å². The zero-order chi connectivity index (χ0) is 28.2. The summed E-state index contributed by atoms with van der Waals surface area (Å²) in [6.45, 7) is 0.663. The lowest BCUT2D eigenvalue weighted by atomic mass is 10.1. The van der Waals surface area contributed by atoms with Crippen molar-refractivity contribution in [3.8, 4) is 0 Å². The number of hydrogen-bond acceptors (Lipinski definition) is 5. The molecule has 0 radical (unpaired) electrons. The Morgan fingerprint density at radius 1 is 0.789 bits per heavy atom. The van der Waals surface area contributed by atoms with Crippen molar-refractivity contribution < 1.29 is 9.63 Å². The summed E-state index contributed by atoms with van der Waals surface area (Å²) in [7, 11) is 3.46. The van der Waals surface area contributed by atoms with Gasteiger partial charge >= 0.3 is 0 Å². The predicted molar refractivity (Wildman–Crippen MR) is 166 cm³/mol. The van der Waals surface area contributed by atoms with Crippen LogP contribution in [0.1, 0.15) is 21.6 Å². The smallest absolute Gasteiger partial charge is 0.211 e. The van der Waals surface area contributed by atoms with Gasteiger partial charge in [-0.2, -0.15) is 5.06 Å². The number of ketones is 1. The highest BCUT2D eigenvalue weighted by atomic mass is 79.9. The van der Waals surface area contributed by atoms with Crippen LogP contribution in [0.3, 0.4) is 0 Å². The first-order valence-electron chi connectivity index (χ1n) is 10.6. The molecule has 2 aromatic carbocycles. The Morgan fingerprint density at radius 2 is 1.29 bits per heavy atom. The van der Waals surface area contributed by atoms with Gasteiger partial charge in [0.25, 0.3) is 0 Å². The highest BCUT2D eigenvalue weighted by Gasteiger charge is 2.12. The van der Waals surface area contributed by atoms with E-state index in [-0.39, 0.29) is 5.78 Å². The summed E-state index contributed by atoms with van der Waals surface area (Å²) in [5.41, 5.74) is 1.81. The minimum absolute atomic E-state index is 0.207. The standard InChI is InChI=1S/C12H6BrCl2NO.C9H11Cl2NO.C5H3Br2N/c13-8-1-2-11(16-6-8)12(17)7-3-9(14)5-10(15)4-7;1-12(13-2)6-7-3-8(10)5-9(11)4-7;6-4-1-2-5(7)8-3-4/h1-6H;3-5H,6H2,1-2H3;1-3H. The Bertz CT molecular complexity index is 1280. The minimum atomic E-state index is -0.207. The van der Waals surface area contributed by atoms with Gasteiger partial charge in [0.15, 0.2) is 0 Å². The maximum absolute atomic E-state index is 12.1. The van der Waals surface area contributed by atoms with Gasteiger partial charge in [-0.3, -0.25) is 9.78 Å². The lowest BCUT2D eigenvalue weighted by Crippen LogP contribution is -2.15. The highest BCUT2D eigenvalue weighted by Crippen LogP contribution is 2.22. The average Bonchev–Trinajstić information content (AvgIpc) is 2.85. The van der Waals surface area contributed by atoms with Crippen LogP contribution in [-0.2, 0) is 11.4 Å². The van der Waals surface area contributed by atoms with Gasteiger partial charge in [-0.1, -0.05) is 46.4 Å². The van der Waals surface area contributed by atoms with Crippen molar-refractivity contribution in [1.29, 1.82) is 0 Å². The number of hydrogen-bond donors (Lipinski definition) is 0. The van der Waals surface area contributed by atoms with E-state index in [1.54, 1.807) is 61.0 Å². The Labute approximate surface area is 266 Å². The Kier molecular flexibility index (Phi) is 14.7. The molecule has 4 rings (SSSR count). The molecule has 0 saturated carbocycles. The Morgan fingerprint density at radius 3 is 1.71 bits per heavy atom. The first-order valence-corrected chi connectivity index (χ1v) is 14.5. The molecule has 0 fully saturated rings. The van der Waals surface area contributed by atoms with Crippen LogP contribution in [0.15, 0.2) is 86.6 Å². The summed E-state index contributed by atoms with van der Waals surface area (Å²) in [6.07, 6.45) is 3.31. The third kappa shape index (κ3) is 12.4. The number of halogens is 7. The van der Waals surface area contributed by atoms with E-state index in [0.29, 0.717) is 37.9 Å². The van der Waals surface area contributed by atoms with Crippen LogP contribution in [0.2, 0.25) is 20.1 Å². The number of carbonyl (C=O) groups excluding carboxylic acids is 1. The maximum atomic E-state index is 12.1. The number of pyridine rings is 2. The van der Waals surface area contributed by atoms with Crippen molar-refractivity contribution in [3.63, 3.8) is 0 Å². The maximum Gasteiger partial charge on any atom is 0.211 e. The zero-order valence-electron chi connectivity index (χ0n) is 19.9. The molecule has 0 aliphatic rings. The number of aromatic nitrogens is 2. The Hall–Kier alpha value is -1.07. The molecule has 0 aliphatic carbocycles. The van der Waals surface area contributed by atoms with Crippen molar-refractivity contribution in [3.05, 3.63) is 124 Å². The first-order chi connectivity index (χ1) is 18.0. The first kappa shape index (κ1) is 33.1. The van der Waals surface area contributed by atoms with Gasteiger partial charge in [0.2, 0.25) is 5.78 Å². The summed E-state index contributed by atoms with van der Waals surface area (Å²) >= 11 is 33.1. The quantitative estimate of drug-likeness (QED) is 0.115. The second kappa shape index (κ2) is 16.9. The van der Waals surface area contributed by atoms with Crippen molar-refractivity contribution in [2.24, 2.45) is 0 Å². The molecule has 0 spiro atoms. The topological polar surface area (TPSA) is 55.3 Å². The van der Waals surface area contributed by atoms with Gasteiger partial charge in [-0.05, 0) is 114 Å². The summed E-state index contributed by atoms with van der Waals surface area (Å²) in [4.78, 5) is 25.0. The molecule has 0 atom stereocenters.